The Balaban J connectivity index is 2.96. The molecule has 0 bridgehead atoms. The maximum Gasteiger partial charge on any atom is 0.151 e. The molecule has 0 saturated heterocycles. The summed E-state index contributed by atoms with van der Waals surface area (Å²) in [5, 5.41) is 12.1. The first-order chi connectivity index (χ1) is 8.77. The van der Waals surface area contributed by atoms with E-state index in [0.717, 1.165) is 0 Å². The molecule has 0 amide bonds. The highest BCUT2D eigenvalue weighted by atomic mass is 16.6. The average Bonchev–Trinajstić information content (AvgIpc) is 2.34. The standard InChI is InChI=1S/C10H21N3O5/c1-10(14)18-9-8-17-7-6-16-5-4-15-3-2-12-13-11/h10,14H,2-9H2,1H3/t10-/m1/s1. The van der Waals surface area contributed by atoms with Gasteiger partial charge in [0.15, 0.2) is 6.29 Å². The van der Waals surface area contributed by atoms with Gasteiger partial charge in [-0.1, -0.05) is 5.11 Å². The van der Waals surface area contributed by atoms with Crippen LogP contribution in [0.3, 0.4) is 0 Å². The lowest BCUT2D eigenvalue weighted by atomic mass is 10.7. The van der Waals surface area contributed by atoms with Crippen LogP contribution in [0.5, 0.6) is 0 Å². The minimum Gasteiger partial charge on any atom is -0.379 e. The summed E-state index contributed by atoms with van der Waals surface area (Å²) in [5.41, 5.74) is 8.00. The van der Waals surface area contributed by atoms with Gasteiger partial charge in [0, 0.05) is 11.5 Å². The molecule has 0 aliphatic carbocycles. The van der Waals surface area contributed by atoms with E-state index in [0.29, 0.717) is 52.8 Å². The van der Waals surface area contributed by atoms with Crippen LogP contribution in [0.2, 0.25) is 0 Å². The van der Waals surface area contributed by atoms with Crippen molar-refractivity contribution in [1.82, 2.24) is 0 Å². The lowest BCUT2D eigenvalue weighted by Crippen LogP contribution is -2.14. The molecule has 1 atom stereocenters. The molecule has 8 nitrogen and oxygen atoms in total. The number of hydrogen-bond donors (Lipinski definition) is 1. The average molecular weight is 263 g/mol. The van der Waals surface area contributed by atoms with Crippen LogP contribution in [0.15, 0.2) is 5.11 Å². The van der Waals surface area contributed by atoms with E-state index < -0.39 is 6.29 Å². The van der Waals surface area contributed by atoms with Gasteiger partial charge in [-0.05, 0) is 12.5 Å². The molecule has 0 aliphatic rings. The van der Waals surface area contributed by atoms with Gasteiger partial charge < -0.3 is 24.1 Å². The van der Waals surface area contributed by atoms with Gasteiger partial charge in [0.25, 0.3) is 0 Å². The fraction of sp³-hybridized carbons (Fsp3) is 1.00. The number of nitrogens with zero attached hydrogens (tertiary/aromatic N) is 3. The summed E-state index contributed by atoms with van der Waals surface area (Å²) in [6, 6.07) is 0. The van der Waals surface area contributed by atoms with Gasteiger partial charge in [0.05, 0.1) is 46.2 Å². The predicted molar refractivity (Wildman–Crippen MR) is 64.1 cm³/mol. The summed E-state index contributed by atoms with van der Waals surface area (Å²) >= 11 is 0. The van der Waals surface area contributed by atoms with E-state index in [2.05, 4.69) is 10.0 Å². The largest absolute Gasteiger partial charge is 0.379 e. The molecule has 0 unspecified atom stereocenters. The normalized spacial score (nSPS) is 12.1. The van der Waals surface area contributed by atoms with Crippen molar-refractivity contribution in [3.8, 4) is 0 Å². The van der Waals surface area contributed by atoms with Crippen LogP contribution in [0.25, 0.3) is 10.4 Å². The third kappa shape index (κ3) is 15.1. The second-order valence-corrected chi connectivity index (χ2v) is 3.26. The van der Waals surface area contributed by atoms with E-state index in [4.69, 9.17) is 29.6 Å². The zero-order valence-corrected chi connectivity index (χ0v) is 10.7. The van der Waals surface area contributed by atoms with Crippen LogP contribution in [-0.4, -0.2) is 64.2 Å². The van der Waals surface area contributed by atoms with Gasteiger partial charge in [-0.3, -0.25) is 0 Å². The molecule has 0 heterocycles. The van der Waals surface area contributed by atoms with Crippen molar-refractivity contribution < 1.29 is 24.1 Å². The minimum absolute atomic E-state index is 0.336. The maximum absolute atomic E-state index is 8.79. The quantitative estimate of drug-likeness (QED) is 0.173. The van der Waals surface area contributed by atoms with E-state index in [1.807, 2.05) is 0 Å². The topological polar surface area (TPSA) is 106 Å². The van der Waals surface area contributed by atoms with E-state index >= 15 is 0 Å². The first-order valence-corrected chi connectivity index (χ1v) is 5.81. The highest BCUT2D eigenvalue weighted by Gasteiger charge is 1.94. The molecule has 0 fully saturated rings. The number of aliphatic hydroxyl groups is 1. The van der Waals surface area contributed by atoms with Gasteiger partial charge in [-0.2, -0.15) is 0 Å². The van der Waals surface area contributed by atoms with Gasteiger partial charge in [-0.15, -0.1) is 0 Å². The second-order valence-electron chi connectivity index (χ2n) is 3.26. The van der Waals surface area contributed by atoms with Crippen LogP contribution in [-0.2, 0) is 18.9 Å². The number of rotatable bonds is 13. The first kappa shape index (κ1) is 17.1. The van der Waals surface area contributed by atoms with Crippen molar-refractivity contribution in [2.45, 2.75) is 13.2 Å². The third-order valence-electron chi connectivity index (χ3n) is 1.73. The SMILES string of the molecule is C[C@H](O)OCCOCCOCCOCCN=[N+]=[N-]. The molecule has 0 aromatic carbocycles. The lowest BCUT2D eigenvalue weighted by Gasteiger charge is -2.08. The molecular weight excluding hydrogens is 242 g/mol. The van der Waals surface area contributed by atoms with E-state index in [9.17, 15) is 0 Å². The molecule has 0 aromatic heterocycles. The molecule has 0 aromatic rings. The van der Waals surface area contributed by atoms with E-state index in [1.165, 1.54) is 0 Å². The molecule has 0 spiro atoms. The molecule has 0 saturated carbocycles. The van der Waals surface area contributed by atoms with Gasteiger partial charge in [-0.25, -0.2) is 0 Å². The molecule has 8 heteroatoms. The summed E-state index contributed by atoms with van der Waals surface area (Å²) in [4.78, 5) is 2.60. The fourth-order valence-electron chi connectivity index (χ4n) is 0.970. The first-order valence-electron chi connectivity index (χ1n) is 5.81. The molecule has 0 radical (unpaired) electrons. The molecule has 0 aliphatic heterocycles. The van der Waals surface area contributed by atoms with E-state index in [1.54, 1.807) is 6.92 Å². The zero-order chi connectivity index (χ0) is 13.5. The highest BCUT2D eigenvalue weighted by molar-refractivity contribution is 4.44. The Morgan fingerprint density at radius 3 is 2.00 bits per heavy atom. The molecular formula is C10H21N3O5. The minimum atomic E-state index is -0.757. The number of aliphatic hydroxyl groups excluding tert-OH is 1. The number of ether oxygens (including phenoxy) is 4. The summed E-state index contributed by atoms with van der Waals surface area (Å²) in [5.74, 6) is 0. The lowest BCUT2D eigenvalue weighted by molar-refractivity contribution is -0.102. The molecule has 18 heavy (non-hydrogen) atoms. The Morgan fingerprint density at radius 1 is 1.00 bits per heavy atom. The molecule has 106 valence electrons. The smallest absolute Gasteiger partial charge is 0.151 e. The Hall–Kier alpha value is -0.890. The van der Waals surface area contributed by atoms with Crippen molar-refractivity contribution >= 4 is 0 Å². The monoisotopic (exact) mass is 263 g/mol. The molecule has 1 N–H and O–H groups in total. The fourth-order valence-corrected chi connectivity index (χ4v) is 0.970. The van der Waals surface area contributed by atoms with Crippen LogP contribution >= 0.6 is 0 Å². The number of azide groups is 1. The summed E-state index contributed by atoms with van der Waals surface area (Å²) in [7, 11) is 0. The van der Waals surface area contributed by atoms with Crippen molar-refractivity contribution in [2.24, 2.45) is 5.11 Å². The van der Waals surface area contributed by atoms with Crippen LogP contribution in [0.1, 0.15) is 6.92 Å². The molecule has 0 rings (SSSR count). The van der Waals surface area contributed by atoms with Crippen LogP contribution < -0.4 is 0 Å². The Bertz CT molecular complexity index is 222. The third-order valence-corrected chi connectivity index (χ3v) is 1.73. The Kier molecular flexibility index (Phi) is 13.5. The van der Waals surface area contributed by atoms with Crippen molar-refractivity contribution in [3.63, 3.8) is 0 Å². The predicted octanol–water partition coefficient (Wildman–Crippen LogP) is 0.701. The van der Waals surface area contributed by atoms with Crippen LogP contribution in [0, 0.1) is 0 Å². The summed E-state index contributed by atoms with van der Waals surface area (Å²) in [6.07, 6.45) is -0.757. The Labute approximate surface area is 106 Å². The summed E-state index contributed by atoms with van der Waals surface area (Å²) < 4.78 is 20.4. The van der Waals surface area contributed by atoms with Gasteiger partial charge in [0.1, 0.15) is 0 Å². The zero-order valence-electron chi connectivity index (χ0n) is 10.7. The van der Waals surface area contributed by atoms with Gasteiger partial charge in [0.2, 0.25) is 0 Å². The van der Waals surface area contributed by atoms with Crippen molar-refractivity contribution in [2.75, 3.05) is 52.8 Å². The highest BCUT2D eigenvalue weighted by Crippen LogP contribution is 1.85. The number of hydrogen-bond acceptors (Lipinski definition) is 6. The second kappa shape index (κ2) is 14.2. The van der Waals surface area contributed by atoms with Gasteiger partial charge >= 0.3 is 0 Å². The summed E-state index contributed by atoms with van der Waals surface area (Å²) in [6.45, 7) is 4.97. The van der Waals surface area contributed by atoms with Crippen molar-refractivity contribution in [1.29, 1.82) is 0 Å². The van der Waals surface area contributed by atoms with Crippen molar-refractivity contribution in [3.05, 3.63) is 10.4 Å². The van der Waals surface area contributed by atoms with Crippen LogP contribution in [0.4, 0.5) is 0 Å². The Morgan fingerprint density at radius 2 is 1.50 bits per heavy atom. The van der Waals surface area contributed by atoms with E-state index in [-0.39, 0.29) is 0 Å². The maximum atomic E-state index is 8.79.